The number of carbonyl (C=O) groups excluding carboxylic acids is 1. The zero-order valence-corrected chi connectivity index (χ0v) is 16.9. The molecule has 1 heterocycles. The number of nitro groups is 1. The number of allylic oxidation sites excluding steroid dienone is 1. The number of fused-ring (bicyclic) bond motifs is 4. The Hall–Kier alpha value is -3.47. The number of nitrogens with one attached hydrogen (secondary N) is 1. The molecule has 150 valence electrons. The van der Waals surface area contributed by atoms with Gasteiger partial charge in [0.05, 0.1) is 11.0 Å². The van der Waals surface area contributed by atoms with Gasteiger partial charge in [-0.05, 0) is 39.8 Å². The summed E-state index contributed by atoms with van der Waals surface area (Å²) in [6.07, 6.45) is 1.27. The average molecular weight is 398 g/mol. The predicted octanol–water partition coefficient (Wildman–Crippen LogP) is 6.06. The van der Waals surface area contributed by atoms with Crippen molar-refractivity contribution in [3.63, 3.8) is 0 Å². The number of hydrogen-bond donors (Lipinski definition) is 1. The average Bonchev–Trinajstić information content (AvgIpc) is 2.71. The van der Waals surface area contributed by atoms with Gasteiger partial charge in [0, 0.05) is 35.4 Å². The molecule has 0 fully saturated rings. The van der Waals surface area contributed by atoms with Gasteiger partial charge in [-0.25, -0.2) is 0 Å². The Bertz CT molecular complexity index is 1260. The lowest BCUT2D eigenvalue weighted by atomic mass is 9.68. The number of ketones is 1. The lowest BCUT2D eigenvalue weighted by Gasteiger charge is -2.40. The molecule has 0 saturated heterocycles. The molecule has 3 aromatic carbocycles. The Morgan fingerprint density at radius 2 is 1.83 bits per heavy atom. The van der Waals surface area contributed by atoms with Crippen LogP contribution in [0.1, 0.15) is 43.9 Å². The number of rotatable bonds is 2. The normalized spacial score (nSPS) is 19.8. The van der Waals surface area contributed by atoms with Crippen LogP contribution in [0.4, 0.5) is 11.4 Å². The van der Waals surface area contributed by atoms with E-state index in [0.717, 1.165) is 45.2 Å². The fourth-order valence-corrected chi connectivity index (χ4v) is 4.91. The van der Waals surface area contributed by atoms with Crippen LogP contribution < -0.4 is 5.32 Å². The lowest BCUT2D eigenvalue weighted by molar-refractivity contribution is -0.384. The third-order valence-corrected chi connectivity index (χ3v) is 6.15. The van der Waals surface area contributed by atoms with Crippen LogP contribution in [0, 0.1) is 15.5 Å². The quantitative estimate of drug-likeness (QED) is 0.421. The van der Waals surface area contributed by atoms with E-state index >= 15 is 0 Å². The molecule has 5 nitrogen and oxygen atoms in total. The van der Waals surface area contributed by atoms with E-state index in [1.165, 1.54) is 6.07 Å². The lowest BCUT2D eigenvalue weighted by Crippen LogP contribution is -2.33. The second kappa shape index (κ2) is 6.52. The van der Waals surface area contributed by atoms with Crippen molar-refractivity contribution in [3.8, 4) is 0 Å². The first kappa shape index (κ1) is 18.6. The van der Waals surface area contributed by atoms with Crippen LogP contribution in [0.15, 0.2) is 66.2 Å². The Morgan fingerprint density at radius 1 is 1.03 bits per heavy atom. The Morgan fingerprint density at radius 3 is 2.63 bits per heavy atom. The zero-order chi connectivity index (χ0) is 21.0. The van der Waals surface area contributed by atoms with E-state index in [1.807, 2.05) is 18.2 Å². The van der Waals surface area contributed by atoms with Gasteiger partial charge in [-0.3, -0.25) is 14.9 Å². The summed E-state index contributed by atoms with van der Waals surface area (Å²) in [5.41, 5.74) is 4.51. The first-order valence-corrected chi connectivity index (χ1v) is 10.1. The minimum atomic E-state index is -0.394. The van der Waals surface area contributed by atoms with Crippen molar-refractivity contribution in [3.05, 3.63) is 87.5 Å². The number of nitrogens with zero attached hydrogens (tertiary/aromatic N) is 1. The number of hydrogen-bond acceptors (Lipinski definition) is 4. The van der Waals surface area contributed by atoms with Gasteiger partial charge in [0.15, 0.2) is 5.78 Å². The van der Waals surface area contributed by atoms with Gasteiger partial charge in [-0.15, -0.1) is 0 Å². The maximum Gasteiger partial charge on any atom is 0.269 e. The first-order valence-electron chi connectivity index (χ1n) is 10.1. The van der Waals surface area contributed by atoms with Crippen LogP contribution in [0.5, 0.6) is 0 Å². The van der Waals surface area contributed by atoms with Crippen LogP contribution in [0.3, 0.4) is 0 Å². The molecule has 0 bridgehead atoms. The van der Waals surface area contributed by atoms with Crippen molar-refractivity contribution in [2.75, 3.05) is 5.32 Å². The van der Waals surface area contributed by atoms with Crippen molar-refractivity contribution >= 4 is 33.5 Å². The summed E-state index contributed by atoms with van der Waals surface area (Å²) in [6, 6.07) is 18.5. The van der Waals surface area contributed by atoms with Crippen molar-refractivity contribution in [1.29, 1.82) is 0 Å². The molecule has 5 heteroatoms. The predicted molar refractivity (Wildman–Crippen MR) is 118 cm³/mol. The van der Waals surface area contributed by atoms with Crippen LogP contribution in [0.25, 0.3) is 16.3 Å². The highest BCUT2D eigenvalue weighted by molar-refractivity contribution is 6.12. The first-order chi connectivity index (χ1) is 14.3. The second-order valence-corrected chi connectivity index (χ2v) is 8.97. The second-order valence-electron chi connectivity index (χ2n) is 8.97. The van der Waals surface area contributed by atoms with Crippen LogP contribution in [0.2, 0.25) is 0 Å². The van der Waals surface area contributed by atoms with Gasteiger partial charge < -0.3 is 5.32 Å². The van der Waals surface area contributed by atoms with E-state index in [9.17, 15) is 14.9 Å². The minimum Gasteiger partial charge on any atom is -0.373 e. The highest BCUT2D eigenvalue weighted by Crippen LogP contribution is 2.52. The molecule has 0 amide bonds. The van der Waals surface area contributed by atoms with Crippen molar-refractivity contribution in [2.24, 2.45) is 5.41 Å². The highest BCUT2D eigenvalue weighted by atomic mass is 16.6. The summed E-state index contributed by atoms with van der Waals surface area (Å²) in [5.74, 6) is 0.115. The van der Waals surface area contributed by atoms with E-state index < -0.39 is 11.0 Å². The number of anilines is 1. The molecular weight excluding hydrogens is 376 g/mol. The number of nitro benzene ring substituents is 1. The maximum absolute atomic E-state index is 13.4. The van der Waals surface area contributed by atoms with Gasteiger partial charge in [0.2, 0.25) is 0 Å². The Balaban J connectivity index is 1.78. The topological polar surface area (TPSA) is 72.2 Å². The molecule has 1 aliphatic heterocycles. The van der Waals surface area contributed by atoms with Crippen molar-refractivity contribution in [1.82, 2.24) is 0 Å². The molecule has 30 heavy (non-hydrogen) atoms. The van der Waals surface area contributed by atoms with E-state index in [1.54, 1.807) is 12.1 Å². The molecule has 0 radical (unpaired) electrons. The van der Waals surface area contributed by atoms with Gasteiger partial charge >= 0.3 is 0 Å². The monoisotopic (exact) mass is 398 g/mol. The molecular formula is C25H22N2O3. The largest absolute Gasteiger partial charge is 0.373 e. The molecule has 3 aromatic rings. The minimum absolute atomic E-state index is 0.0318. The number of carbonyl (C=O) groups is 1. The Labute approximate surface area is 174 Å². The third kappa shape index (κ3) is 2.89. The smallest absolute Gasteiger partial charge is 0.269 e. The van der Waals surface area contributed by atoms with E-state index in [4.69, 9.17) is 0 Å². The summed E-state index contributed by atoms with van der Waals surface area (Å²) in [6.45, 7) is 4.26. The molecule has 0 aromatic heterocycles. The number of Topliss-reactive ketones (excluding diaryl/α,β-unsaturated/α-hetero) is 1. The fraction of sp³-hybridized carbons (Fsp3) is 0.240. The third-order valence-electron chi connectivity index (χ3n) is 6.15. The summed E-state index contributed by atoms with van der Waals surface area (Å²) < 4.78 is 0. The summed E-state index contributed by atoms with van der Waals surface area (Å²) in [5, 5.41) is 17.1. The maximum atomic E-state index is 13.4. The van der Waals surface area contributed by atoms with Crippen LogP contribution in [-0.2, 0) is 4.79 Å². The molecule has 5 rings (SSSR count). The SMILES string of the molecule is CC1(C)CC(=O)C2=C(C1)c1c(ccc3ccccc13)N[C@@H]2c1cccc([N+](=O)[O-])c1. The van der Waals surface area contributed by atoms with Gasteiger partial charge in [-0.2, -0.15) is 0 Å². The fourth-order valence-electron chi connectivity index (χ4n) is 4.91. The van der Waals surface area contributed by atoms with Crippen molar-refractivity contribution < 1.29 is 9.72 Å². The molecule has 2 aliphatic rings. The number of non-ortho nitro benzene ring substituents is 1. The molecule has 0 saturated carbocycles. The van der Waals surface area contributed by atoms with Crippen LogP contribution >= 0.6 is 0 Å². The Kier molecular flexibility index (Phi) is 4.03. The molecule has 1 N–H and O–H groups in total. The van der Waals surface area contributed by atoms with Crippen molar-refractivity contribution in [2.45, 2.75) is 32.7 Å². The van der Waals surface area contributed by atoms with E-state index in [-0.39, 0.29) is 16.9 Å². The standard InChI is InChI=1S/C25H22N2O3/c1-25(2)13-19-22-18-9-4-3-6-15(18)10-11-20(22)26-24(23(19)21(28)14-25)16-7-5-8-17(12-16)27(29)30/h3-12,24,26H,13-14H2,1-2H3/t24-/m1/s1. The highest BCUT2D eigenvalue weighted by Gasteiger charge is 2.41. The summed E-state index contributed by atoms with van der Waals surface area (Å²) in [4.78, 5) is 24.3. The van der Waals surface area contributed by atoms with Crippen LogP contribution in [-0.4, -0.2) is 10.7 Å². The van der Waals surface area contributed by atoms with Gasteiger partial charge in [0.25, 0.3) is 5.69 Å². The molecule has 1 atom stereocenters. The van der Waals surface area contributed by atoms with E-state index in [0.29, 0.717) is 6.42 Å². The van der Waals surface area contributed by atoms with Gasteiger partial charge in [0.1, 0.15) is 0 Å². The van der Waals surface area contributed by atoms with Gasteiger partial charge in [-0.1, -0.05) is 56.3 Å². The summed E-state index contributed by atoms with van der Waals surface area (Å²) in [7, 11) is 0. The molecule has 0 unspecified atom stereocenters. The number of benzene rings is 3. The molecule has 0 spiro atoms. The summed E-state index contributed by atoms with van der Waals surface area (Å²) >= 11 is 0. The van der Waals surface area contributed by atoms with E-state index in [2.05, 4.69) is 43.4 Å². The molecule has 1 aliphatic carbocycles. The zero-order valence-electron chi connectivity index (χ0n) is 16.9.